The fraction of sp³-hybridized carbons (Fsp3) is 0.150. The van der Waals surface area contributed by atoms with Gasteiger partial charge >= 0.3 is 0 Å². The molecule has 0 aliphatic rings. The van der Waals surface area contributed by atoms with Gasteiger partial charge in [0.15, 0.2) is 0 Å². The van der Waals surface area contributed by atoms with E-state index >= 15 is 0 Å². The SMILES string of the molecule is Cc1ccc(-c2ccccc2-c2cc(CCl)ccn2)cc1C. The molecule has 2 aromatic carbocycles. The van der Waals surface area contributed by atoms with Gasteiger partial charge < -0.3 is 0 Å². The van der Waals surface area contributed by atoms with Gasteiger partial charge in [-0.2, -0.15) is 0 Å². The Hall–Kier alpha value is -2.12. The van der Waals surface area contributed by atoms with Gasteiger partial charge in [-0.1, -0.05) is 42.5 Å². The molecule has 0 amide bonds. The van der Waals surface area contributed by atoms with Crippen molar-refractivity contribution in [1.82, 2.24) is 4.98 Å². The molecular weight excluding hydrogens is 290 g/mol. The van der Waals surface area contributed by atoms with Gasteiger partial charge in [0, 0.05) is 17.6 Å². The standard InChI is InChI=1S/C20H18ClN/c1-14-7-8-17(11-15(14)2)18-5-3-4-6-19(18)20-12-16(13-21)9-10-22-20/h3-12H,13H2,1-2H3. The summed E-state index contributed by atoms with van der Waals surface area (Å²) in [5.41, 5.74) is 8.21. The van der Waals surface area contributed by atoms with E-state index < -0.39 is 0 Å². The van der Waals surface area contributed by atoms with E-state index in [1.807, 2.05) is 12.3 Å². The molecule has 0 aliphatic carbocycles. The number of aryl methyl sites for hydroxylation is 2. The summed E-state index contributed by atoms with van der Waals surface area (Å²) in [6.07, 6.45) is 1.82. The van der Waals surface area contributed by atoms with Gasteiger partial charge in [-0.05, 0) is 53.8 Å². The van der Waals surface area contributed by atoms with Crippen LogP contribution in [0.3, 0.4) is 0 Å². The lowest BCUT2D eigenvalue weighted by molar-refractivity contribution is 1.27. The Bertz CT molecular complexity index is 808. The molecule has 0 saturated carbocycles. The zero-order valence-corrected chi connectivity index (χ0v) is 13.6. The van der Waals surface area contributed by atoms with E-state index in [9.17, 15) is 0 Å². The number of rotatable bonds is 3. The van der Waals surface area contributed by atoms with Crippen LogP contribution in [0.15, 0.2) is 60.8 Å². The van der Waals surface area contributed by atoms with E-state index in [1.54, 1.807) is 0 Å². The zero-order valence-electron chi connectivity index (χ0n) is 12.8. The fourth-order valence-electron chi connectivity index (χ4n) is 2.57. The van der Waals surface area contributed by atoms with Gasteiger partial charge in [0.2, 0.25) is 0 Å². The van der Waals surface area contributed by atoms with Crippen LogP contribution in [0.2, 0.25) is 0 Å². The van der Waals surface area contributed by atoms with Gasteiger partial charge in [-0.15, -0.1) is 11.6 Å². The normalized spacial score (nSPS) is 10.7. The van der Waals surface area contributed by atoms with Crippen molar-refractivity contribution < 1.29 is 0 Å². The quantitative estimate of drug-likeness (QED) is 0.560. The van der Waals surface area contributed by atoms with E-state index in [4.69, 9.17) is 11.6 Å². The Kier molecular flexibility index (Phi) is 4.26. The average molecular weight is 308 g/mol. The maximum atomic E-state index is 5.95. The van der Waals surface area contributed by atoms with E-state index in [2.05, 4.69) is 67.4 Å². The molecule has 0 bridgehead atoms. The number of pyridine rings is 1. The second-order valence-corrected chi connectivity index (χ2v) is 5.79. The first-order valence-corrected chi connectivity index (χ1v) is 7.90. The average Bonchev–Trinajstić information content (AvgIpc) is 2.57. The molecule has 1 nitrogen and oxygen atoms in total. The Morgan fingerprint density at radius 2 is 1.64 bits per heavy atom. The van der Waals surface area contributed by atoms with Crippen LogP contribution in [0.5, 0.6) is 0 Å². The smallest absolute Gasteiger partial charge is 0.0711 e. The maximum absolute atomic E-state index is 5.95. The number of nitrogens with zero attached hydrogens (tertiary/aromatic N) is 1. The summed E-state index contributed by atoms with van der Waals surface area (Å²) in [5, 5.41) is 0. The molecule has 1 aromatic heterocycles. The molecule has 0 atom stereocenters. The van der Waals surface area contributed by atoms with E-state index in [0.29, 0.717) is 5.88 Å². The van der Waals surface area contributed by atoms with E-state index in [-0.39, 0.29) is 0 Å². The predicted octanol–water partition coefficient (Wildman–Crippen LogP) is 5.77. The summed E-state index contributed by atoms with van der Waals surface area (Å²) < 4.78 is 0. The first-order chi connectivity index (χ1) is 10.7. The number of aromatic nitrogens is 1. The zero-order chi connectivity index (χ0) is 15.5. The van der Waals surface area contributed by atoms with Crippen LogP contribution in [0, 0.1) is 13.8 Å². The molecule has 3 aromatic rings. The van der Waals surface area contributed by atoms with Crippen molar-refractivity contribution in [2.45, 2.75) is 19.7 Å². The van der Waals surface area contributed by atoms with Crippen molar-refractivity contribution in [3.05, 3.63) is 77.5 Å². The second-order valence-electron chi connectivity index (χ2n) is 5.53. The second kappa shape index (κ2) is 6.33. The van der Waals surface area contributed by atoms with Gasteiger partial charge in [0.05, 0.1) is 5.69 Å². The lowest BCUT2D eigenvalue weighted by Crippen LogP contribution is -1.90. The van der Waals surface area contributed by atoms with Gasteiger partial charge in [0.1, 0.15) is 0 Å². The van der Waals surface area contributed by atoms with Crippen LogP contribution in [0.1, 0.15) is 16.7 Å². The van der Waals surface area contributed by atoms with Crippen molar-refractivity contribution in [2.75, 3.05) is 0 Å². The fourth-order valence-corrected chi connectivity index (χ4v) is 2.74. The largest absolute Gasteiger partial charge is 0.256 e. The Labute approximate surface area is 136 Å². The number of halogens is 1. The molecular formula is C20H18ClN. The van der Waals surface area contributed by atoms with Crippen LogP contribution in [-0.4, -0.2) is 4.98 Å². The third kappa shape index (κ3) is 2.90. The maximum Gasteiger partial charge on any atom is 0.0711 e. The number of hydrogen-bond acceptors (Lipinski definition) is 1. The third-order valence-corrected chi connectivity index (χ3v) is 4.31. The van der Waals surface area contributed by atoms with E-state index in [0.717, 1.165) is 16.8 Å². The Balaban J connectivity index is 2.15. The van der Waals surface area contributed by atoms with E-state index in [1.165, 1.54) is 22.3 Å². The van der Waals surface area contributed by atoms with Crippen LogP contribution in [0.4, 0.5) is 0 Å². The van der Waals surface area contributed by atoms with Crippen LogP contribution in [0.25, 0.3) is 22.4 Å². The minimum atomic E-state index is 0.501. The van der Waals surface area contributed by atoms with Gasteiger partial charge in [0.25, 0.3) is 0 Å². The van der Waals surface area contributed by atoms with Crippen molar-refractivity contribution >= 4 is 11.6 Å². The minimum Gasteiger partial charge on any atom is -0.256 e. The van der Waals surface area contributed by atoms with Crippen molar-refractivity contribution in [1.29, 1.82) is 0 Å². The summed E-state index contributed by atoms with van der Waals surface area (Å²) >= 11 is 5.95. The summed E-state index contributed by atoms with van der Waals surface area (Å²) in [5.74, 6) is 0.501. The Morgan fingerprint density at radius 3 is 2.36 bits per heavy atom. The number of alkyl halides is 1. The van der Waals surface area contributed by atoms with Crippen molar-refractivity contribution in [3.63, 3.8) is 0 Å². The van der Waals surface area contributed by atoms with Crippen molar-refractivity contribution in [3.8, 4) is 22.4 Å². The summed E-state index contributed by atoms with van der Waals surface area (Å²) in [4.78, 5) is 4.53. The predicted molar refractivity (Wildman–Crippen MR) is 94.1 cm³/mol. The molecule has 110 valence electrons. The molecule has 0 radical (unpaired) electrons. The summed E-state index contributed by atoms with van der Waals surface area (Å²) in [6.45, 7) is 4.28. The minimum absolute atomic E-state index is 0.501. The molecule has 3 rings (SSSR count). The van der Waals surface area contributed by atoms with Crippen molar-refractivity contribution in [2.24, 2.45) is 0 Å². The highest BCUT2D eigenvalue weighted by atomic mass is 35.5. The van der Waals surface area contributed by atoms with Crippen LogP contribution < -0.4 is 0 Å². The highest BCUT2D eigenvalue weighted by Gasteiger charge is 2.09. The topological polar surface area (TPSA) is 12.9 Å². The molecule has 0 spiro atoms. The van der Waals surface area contributed by atoms with Crippen LogP contribution >= 0.6 is 11.6 Å². The lowest BCUT2D eigenvalue weighted by Gasteiger charge is -2.11. The number of benzene rings is 2. The summed E-state index contributed by atoms with van der Waals surface area (Å²) in [7, 11) is 0. The van der Waals surface area contributed by atoms with Gasteiger partial charge in [-0.25, -0.2) is 0 Å². The molecule has 0 saturated heterocycles. The highest BCUT2D eigenvalue weighted by molar-refractivity contribution is 6.17. The molecule has 0 unspecified atom stereocenters. The molecule has 2 heteroatoms. The molecule has 0 aliphatic heterocycles. The third-order valence-electron chi connectivity index (χ3n) is 4.00. The Morgan fingerprint density at radius 1 is 0.864 bits per heavy atom. The highest BCUT2D eigenvalue weighted by Crippen LogP contribution is 2.32. The molecule has 0 N–H and O–H groups in total. The molecule has 0 fully saturated rings. The number of hydrogen-bond donors (Lipinski definition) is 0. The first-order valence-electron chi connectivity index (χ1n) is 7.37. The van der Waals surface area contributed by atoms with Crippen LogP contribution in [-0.2, 0) is 5.88 Å². The summed E-state index contributed by atoms with van der Waals surface area (Å²) in [6, 6.07) is 19.0. The first kappa shape index (κ1) is 14.8. The monoisotopic (exact) mass is 307 g/mol. The lowest BCUT2D eigenvalue weighted by atomic mass is 9.94. The molecule has 1 heterocycles. The molecule has 22 heavy (non-hydrogen) atoms. The van der Waals surface area contributed by atoms with Gasteiger partial charge in [-0.3, -0.25) is 4.98 Å².